The molecule has 1 amide bonds. The van der Waals surface area contributed by atoms with E-state index in [1.165, 1.54) is 29.0 Å². The van der Waals surface area contributed by atoms with Gasteiger partial charge in [0.15, 0.2) is 0 Å². The standard InChI is InChI=1S/C20H31N3O3S/c1-22(2)18-9-11-19(12-10-18)23(27(3,25)26)16-14-20(24)21-15-13-17-7-5-4-6-8-17/h7,9-12H,4-6,8,13-16H2,1-3H3,(H,21,24). The first-order chi connectivity index (χ1) is 12.8. The maximum absolute atomic E-state index is 12.2. The molecule has 0 unspecified atom stereocenters. The van der Waals surface area contributed by atoms with Crippen LogP contribution < -0.4 is 14.5 Å². The third kappa shape index (κ3) is 6.90. The molecule has 0 heterocycles. The highest BCUT2D eigenvalue weighted by Gasteiger charge is 2.18. The van der Waals surface area contributed by atoms with E-state index in [4.69, 9.17) is 0 Å². The largest absolute Gasteiger partial charge is 0.378 e. The van der Waals surface area contributed by atoms with E-state index in [-0.39, 0.29) is 18.9 Å². The fraction of sp³-hybridized carbons (Fsp3) is 0.550. The van der Waals surface area contributed by atoms with Crippen LogP contribution in [0.15, 0.2) is 35.9 Å². The Hall–Kier alpha value is -2.02. The van der Waals surface area contributed by atoms with Gasteiger partial charge in [-0.25, -0.2) is 8.42 Å². The van der Waals surface area contributed by atoms with Crippen molar-refractivity contribution in [3.05, 3.63) is 35.9 Å². The van der Waals surface area contributed by atoms with Crippen LogP contribution in [0.2, 0.25) is 0 Å². The van der Waals surface area contributed by atoms with E-state index in [0.29, 0.717) is 12.2 Å². The molecule has 0 aliphatic heterocycles. The van der Waals surface area contributed by atoms with Gasteiger partial charge in [0.25, 0.3) is 0 Å². The molecule has 6 nitrogen and oxygen atoms in total. The molecule has 0 atom stereocenters. The normalized spacial score (nSPS) is 14.4. The molecule has 0 fully saturated rings. The lowest BCUT2D eigenvalue weighted by atomic mass is 9.97. The molecule has 0 radical (unpaired) electrons. The summed E-state index contributed by atoms with van der Waals surface area (Å²) in [5.74, 6) is -0.120. The number of benzene rings is 1. The van der Waals surface area contributed by atoms with E-state index >= 15 is 0 Å². The Morgan fingerprint density at radius 2 is 1.78 bits per heavy atom. The lowest BCUT2D eigenvalue weighted by Crippen LogP contribution is -2.35. The van der Waals surface area contributed by atoms with Crippen molar-refractivity contribution < 1.29 is 13.2 Å². The smallest absolute Gasteiger partial charge is 0.232 e. The van der Waals surface area contributed by atoms with E-state index in [1.54, 1.807) is 12.1 Å². The zero-order valence-electron chi connectivity index (χ0n) is 16.6. The van der Waals surface area contributed by atoms with Gasteiger partial charge < -0.3 is 10.2 Å². The summed E-state index contributed by atoms with van der Waals surface area (Å²) in [6, 6.07) is 7.27. The van der Waals surface area contributed by atoms with Crippen LogP contribution in [0.3, 0.4) is 0 Å². The van der Waals surface area contributed by atoms with Gasteiger partial charge >= 0.3 is 0 Å². The van der Waals surface area contributed by atoms with Gasteiger partial charge in [0.2, 0.25) is 15.9 Å². The van der Waals surface area contributed by atoms with E-state index in [2.05, 4.69) is 11.4 Å². The zero-order chi connectivity index (χ0) is 19.9. The molecule has 1 aromatic carbocycles. The first-order valence-electron chi connectivity index (χ1n) is 9.47. The van der Waals surface area contributed by atoms with Gasteiger partial charge in [-0.15, -0.1) is 0 Å². The van der Waals surface area contributed by atoms with Crippen molar-refractivity contribution in [1.29, 1.82) is 0 Å². The lowest BCUT2D eigenvalue weighted by Gasteiger charge is -2.23. The van der Waals surface area contributed by atoms with Crippen molar-refractivity contribution in [3.8, 4) is 0 Å². The number of hydrogen-bond donors (Lipinski definition) is 1. The highest BCUT2D eigenvalue weighted by atomic mass is 32.2. The van der Waals surface area contributed by atoms with Crippen LogP contribution >= 0.6 is 0 Å². The number of carbonyl (C=O) groups is 1. The van der Waals surface area contributed by atoms with Crippen molar-refractivity contribution in [2.45, 2.75) is 38.5 Å². The predicted octanol–water partition coefficient (Wildman–Crippen LogP) is 2.92. The summed E-state index contributed by atoms with van der Waals surface area (Å²) in [6.45, 7) is 0.746. The van der Waals surface area contributed by atoms with Crippen LogP contribution in [0.4, 0.5) is 11.4 Å². The highest BCUT2D eigenvalue weighted by molar-refractivity contribution is 7.92. The third-order valence-electron chi connectivity index (χ3n) is 4.75. The molecule has 0 saturated carbocycles. The van der Waals surface area contributed by atoms with Gasteiger partial charge in [-0.1, -0.05) is 11.6 Å². The first-order valence-corrected chi connectivity index (χ1v) is 11.3. The minimum Gasteiger partial charge on any atom is -0.378 e. The topological polar surface area (TPSA) is 69.7 Å². The van der Waals surface area contributed by atoms with Gasteiger partial charge in [0.05, 0.1) is 11.9 Å². The average molecular weight is 394 g/mol. The summed E-state index contributed by atoms with van der Waals surface area (Å²) in [6.07, 6.45) is 9.22. The second kappa shape index (κ2) is 9.78. The molecule has 0 spiro atoms. The Balaban J connectivity index is 1.88. The van der Waals surface area contributed by atoms with Gasteiger partial charge in [0, 0.05) is 39.3 Å². The molecule has 1 aliphatic rings. The predicted molar refractivity (Wildman–Crippen MR) is 112 cm³/mol. The Kier molecular flexibility index (Phi) is 7.71. The number of hydrogen-bond acceptors (Lipinski definition) is 4. The molecule has 0 aromatic heterocycles. The molecule has 1 aliphatic carbocycles. The Morgan fingerprint density at radius 1 is 1.11 bits per heavy atom. The molecule has 0 saturated heterocycles. The van der Waals surface area contributed by atoms with Crippen LogP contribution in [-0.4, -0.2) is 47.8 Å². The number of allylic oxidation sites excluding steroid dienone is 1. The number of nitrogens with zero attached hydrogens (tertiary/aromatic N) is 2. The minimum atomic E-state index is -3.45. The average Bonchev–Trinajstić information content (AvgIpc) is 2.62. The van der Waals surface area contributed by atoms with Crippen molar-refractivity contribution in [2.24, 2.45) is 0 Å². The number of anilines is 2. The summed E-state index contributed by atoms with van der Waals surface area (Å²) in [5.41, 5.74) is 2.98. The van der Waals surface area contributed by atoms with Crippen molar-refractivity contribution >= 4 is 27.3 Å². The summed E-state index contributed by atoms with van der Waals surface area (Å²) < 4.78 is 25.6. The molecular weight excluding hydrogens is 362 g/mol. The minimum absolute atomic E-state index is 0.120. The van der Waals surface area contributed by atoms with Crippen molar-refractivity contribution in [2.75, 3.05) is 42.6 Å². The zero-order valence-corrected chi connectivity index (χ0v) is 17.4. The van der Waals surface area contributed by atoms with Gasteiger partial charge in [-0.3, -0.25) is 9.10 Å². The van der Waals surface area contributed by atoms with Gasteiger partial charge in [0.1, 0.15) is 0 Å². The number of carbonyl (C=O) groups excluding carboxylic acids is 1. The number of sulfonamides is 1. The van der Waals surface area contributed by atoms with Crippen LogP contribution in [0.1, 0.15) is 38.5 Å². The summed E-state index contributed by atoms with van der Waals surface area (Å²) in [5, 5.41) is 2.90. The Morgan fingerprint density at radius 3 is 2.33 bits per heavy atom. The first kappa shape index (κ1) is 21.3. The van der Waals surface area contributed by atoms with E-state index in [9.17, 15) is 13.2 Å². The number of amides is 1. The fourth-order valence-corrected chi connectivity index (χ4v) is 4.12. The highest BCUT2D eigenvalue weighted by Crippen LogP contribution is 2.22. The molecule has 27 heavy (non-hydrogen) atoms. The quantitative estimate of drug-likeness (QED) is 0.655. The molecule has 2 rings (SSSR count). The second-order valence-electron chi connectivity index (χ2n) is 7.20. The van der Waals surface area contributed by atoms with Crippen LogP contribution in [0, 0.1) is 0 Å². The number of rotatable bonds is 9. The maximum atomic E-state index is 12.2. The molecular formula is C20H31N3O3S. The molecule has 1 aromatic rings. The molecule has 7 heteroatoms. The van der Waals surface area contributed by atoms with Crippen LogP contribution in [0.25, 0.3) is 0 Å². The Bertz CT molecular complexity index is 755. The monoisotopic (exact) mass is 393 g/mol. The third-order valence-corrected chi connectivity index (χ3v) is 5.94. The van der Waals surface area contributed by atoms with Crippen LogP contribution in [0.5, 0.6) is 0 Å². The summed E-state index contributed by atoms with van der Waals surface area (Å²) >= 11 is 0. The van der Waals surface area contributed by atoms with E-state index < -0.39 is 10.0 Å². The second-order valence-corrected chi connectivity index (χ2v) is 9.11. The molecule has 0 bridgehead atoms. The lowest BCUT2D eigenvalue weighted by molar-refractivity contribution is -0.120. The SMILES string of the molecule is CN(C)c1ccc(N(CCC(=O)NCCC2=CCCCC2)S(C)(=O)=O)cc1. The molecule has 1 N–H and O–H groups in total. The van der Waals surface area contributed by atoms with Crippen LogP contribution in [-0.2, 0) is 14.8 Å². The van der Waals surface area contributed by atoms with Crippen molar-refractivity contribution in [1.82, 2.24) is 5.32 Å². The summed E-state index contributed by atoms with van der Waals surface area (Å²) in [4.78, 5) is 14.1. The van der Waals surface area contributed by atoms with E-state index in [1.807, 2.05) is 31.1 Å². The number of nitrogens with one attached hydrogen (secondary N) is 1. The Labute approximate surface area is 163 Å². The van der Waals surface area contributed by atoms with Gasteiger partial charge in [-0.05, 0) is 56.4 Å². The molecule has 150 valence electrons. The summed E-state index contributed by atoms with van der Waals surface area (Å²) in [7, 11) is 0.401. The maximum Gasteiger partial charge on any atom is 0.232 e. The van der Waals surface area contributed by atoms with Crippen molar-refractivity contribution in [3.63, 3.8) is 0 Å². The van der Waals surface area contributed by atoms with E-state index in [0.717, 1.165) is 24.9 Å². The fourth-order valence-electron chi connectivity index (χ4n) is 3.19. The van der Waals surface area contributed by atoms with Gasteiger partial charge in [-0.2, -0.15) is 0 Å².